The van der Waals surface area contributed by atoms with Crippen molar-refractivity contribution in [1.29, 1.82) is 0 Å². The first kappa shape index (κ1) is 23.4. The molecule has 162 valence electrons. The van der Waals surface area contributed by atoms with Crippen LogP contribution in [0.3, 0.4) is 0 Å². The van der Waals surface area contributed by atoms with Crippen LogP contribution < -0.4 is 21.9 Å². The van der Waals surface area contributed by atoms with Crippen molar-refractivity contribution in [2.45, 2.75) is 26.0 Å². The van der Waals surface area contributed by atoms with Gasteiger partial charge in [-0.15, -0.1) is 0 Å². The zero-order valence-electron chi connectivity index (χ0n) is 16.3. The Hall–Kier alpha value is -2.83. The van der Waals surface area contributed by atoms with E-state index < -0.39 is 47.0 Å². The third kappa shape index (κ3) is 4.50. The topological polar surface area (TPSA) is 128 Å². The molecule has 1 aromatic heterocycles. The molecule has 0 aliphatic carbocycles. The van der Waals surface area contributed by atoms with Gasteiger partial charge in [0, 0.05) is 20.2 Å². The SMILES string of the molecule is CC(Oc1cc(-n2c(=O)n(C)c(=S)n(C)c2=O)c(F)cc1Cl)C(=O)OC(=O)[C@H](C)N. The lowest BCUT2D eigenvalue weighted by Crippen LogP contribution is -2.43. The fourth-order valence-corrected chi connectivity index (χ4v) is 2.62. The number of hydrogen-bond acceptors (Lipinski definition) is 8. The Bertz CT molecular complexity index is 1160. The molecule has 30 heavy (non-hydrogen) atoms. The van der Waals surface area contributed by atoms with E-state index in [1.54, 1.807) is 0 Å². The number of carbonyl (C=O) groups is 2. The van der Waals surface area contributed by atoms with Gasteiger partial charge in [-0.25, -0.2) is 28.1 Å². The standard InChI is InChI=1S/C17H18ClFN4O6S/c1-7(20)13(24)29-14(25)8(2)28-12-6-11(10(19)5-9(12)18)23-15(26)21(3)17(30)22(4)16(23)27/h5-8H,20H2,1-4H3/t7-,8?/m0/s1. The summed E-state index contributed by atoms with van der Waals surface area (Å²) >= 11 is 10.9. The number of ether oxygens (including phenoxy) is 2. The van der Waals surface area contributed by atoms with Crippen LogP contribution in [0.1, 0.15) is 13.8 Å². The molecule has 2 N–H and O–H groups in total. The number of rotatable bonds is 5. The highest BCUT2D eigenvalue weighted by Crippen LogP contribution is 2.30. The molecule has 10 nitrogen and oxygen atoms in total. The first-order valence-electron chi connectivity index (χ1n) is 8.43. The predicted molar refractivity (Wildman–Crippen MR) is 107 cm³/mol. The highest BCUT2D eigenvalue weighted by Gasteiger charge is 2.24. The number of hydrogen-bond donors (Lipinski definition) is 1. The van der Waals surface area contributed by atoms with Gasteiger partial charge >= 0.3 is 23.3 Å². The van der Waals surface area contributed by atoms with Gasteiger partial charge in [0.15, 0.2) is 10.9 Å². The van der Waals surface area contributed by atoms with E-state index in [1.165, 1.54) is 27.9 Å². The third-order valence-corrected chi connectivity index (χ3v) is 4.82. The fourth-order valence-electron chi connectivity index (χ4n) is 2.27. The van der Waals surface area contributed by atoms with Crippen molar-refractivity contribution in [2.75, 3.05) is 0 Å². The fraction of sp³-hybridized carbons (Fsp3) is 0.353. The van der Waals surface area contributed by atoms with Crippen molar-refractivity contribution in [3.63, 3.8) is 0 Å². The molecule has 2 atom stereocenters. The number of aromatic nitrogens is 3. The van der Waals surface area contributed by atoms with Crippen LogP contribution in [-0.2, 0) is 28.4 Å². The normalized spacial score (nSPS) is 12.9. The molecule has 0 spiro atoms. The minimum atomic E-state index is -1.34. The summed E-state index contributed by atoms with van der Waals surface area (Å²) in [6.45, 7) is 2.59. The average Bonchev–Trinajstić information content (AvgIpc) is 2.67. The summed E-state index contributed by atoms with van der Waals surface area (Å²) in [5.41, 5.74) is 3.05. The summed E-state index contributed by atoms with van der Waals surface area (Å²) in [5, 5.41) is -0.247. The largest absolute Gasteiger partial charge is 0.477 e. The van der Waals surface area contributed by atoms with Crippen molar-refractivity contribution >= 4 is 35.8 Å². The molecule has 1 aromatic carbocycles. The maximum Gasteiger partial charge on any atom is 0.354 e. The second-order valence-corrected chi connectivity index (χ2v) is 7.10. The molecule has 0 saturated heterocycles. The Labute approximate surface area is 179 Å². The molecule has 2 aromatic rings. The Morgan fingerprint density at radius 1 is 1.13 bits per heavy atom. The van der Waals surface area contributed by atoms with Crippen molar-refractivity contribution in [2.24, 2.45) is 19.8 Å². The summed E-state index contributed by atoms with van der Waals surface area (Å²) in [7, 11) is 2.64. The second-order valence-electron chi connectivity index (χ2n) is 6.32. The van der Waals surface area contributed by atoms with Gasteiger partial charge in [-0.2, -0.15) is 0 Å². The summed E-state index contributed by atoms with van der Waals surface area (Å²) < 4.78 is 26.9. The van der Waals surface area contributed by atoms with Crippen LogP contribution >= 0.6 is 23.8 Å². The van der Waals surface area contributed by atoms with Crippen LogP contribution in [-0.4, -0.2) is 37.8 Å². The van der Waals surface area contributed by atoms with E-state index >= 15 is 0 Å². The third-order valence-electron chi connectivity index (χ3n) is 3.98. The van der Waals surface area contributed by atoms with Gasteiger partial charge < -0.3 is 15.2 Å². The van der Waals surface area contributed by atoms with Crippen LogP contribution in [0.5, 0.6) is 5.75 Å². The molecule has 0 radical (unpaired) electrons. The van der Waals surface area contributed by atoms with Crippen molar-refractivity contribution in [3.8, 4) is 11.4 Å². The predicted octanol–water partition coefficient (Wildman–Crippen LogP) is 0.581. The summed E-state index contributed by atoms with van der Waals surface area (Å²) in [5.74, 6) is -3.25. The number of nitrogens with zero attached hydrogens (tertiary/aromatic N) is 3. The highest BCUT2D eigenvalue weighted by molar-refractivity contribution is 7.71. The first-order valence-corrected chi connectivity index (χ1v) is 9.21. The van der Waals surface area contributed by atoms with E-state index in [1.807, 2.05) is 0 Å². The number of nitrogens with two attached hydrogens (primary N) is 1. The monoisotopic (exact) mass is 460 g/mol. The van der Waals surface area contributed by atoms with Crippen molar-refractivity contribution in [3.05, 3.63) is 48.7 Å². The minimum Gasteiger partial charge on any atom is -0.477 e. The maximum absolute atomic E-state index is 14.6. The van der Waals surface area contributed by atoms with E-state index in [9.17, 15) is 23.6 Å². The molecular formula is C17H18ClFN4O6S. The zero-order valence-corrected chi connectivity index (χ0v) is 17.9. The molecule has 0 aliphatic rings. The molecule has 0 bridgehead atoms. The van der Waals surface area contributed by atoms with Crippen LogP contribution in [0, 0.1) is 10.6 Å². The molecule has 13 heteroatoms. The number of esters is 2. The Morgan fingerprint density at radius 2 is 1.67 bits per heavy atom. The van der Waals surface area contributed by atoms with Gasteiger partial charge in [-0.05, 0) is 32.1 Å². The smallest absolute Gasteiger partial charge is 0.354 e. The van der Waals surface area contributed by atoms with Crippen LogP contribution in [0.2, 0.25) is 5.02 Å². The highest BCUT2D eigenvalue weighted by atomic mass is 35.5. The van der Waals surface area contributed by atoms with Crippen LogP contribution in [0.4, 0.5) is 4.39 Å². The van der Waals surface area contributed by atoms with Gasteiger partial charge in [-0.3, -0.25) is 9.13 Å². The molecular weight excluding hydrogens is 443 g/mol. The van der Waals surface area contributed by atoms with Gasteiger partial charge in [0.2, 0.25) is 0 Å². The van der Waals surface area contributed by atoms with Gasteiger partial charge in [0.25, 0.3) is 0 Å². The summed E-state index contributed by atoms with van der Waals surface area (Å²) in [6, 6.07) is 0.754. The van der Waals surface area contributed by atoms with Crippen LogP contribution in [0.15, 0.2) is 21.7 Å². The second kappa shape index (κ2) is 8.90. The molecule has 0 fully saturated rings. The summed E-state index contributed by atoms with van der Waals surface area (Å²) in [6.07, 6.45) is -1.34. The maximum atomic E-state index is 14.6. The van der Waals surface area contributed by atoms with E-state index in [2.05, 4.69) is 4.74 Å². The molecule has 1 unspecified atom stereocenters. The van der Waals surface area contributed by atoms with Crippen molar-refractivity contribution in [1.82, 2.24) is 13.7 Å². The molecule has 0 saturated carbocycles. The Balaban J connectivity index is 2.52. The lowest BCUT2D eigenvalue weighted by atomic mass is 10.2. The Kier molecular flexibility index (Phi) is 6.95. The lowest BCUT2D eigenvalue weighted by molar-refractivity contribution is -0.164. The van der Waals surface area contributed by atoms with E-state index in [0.717, 1.165) is 21.3 Å². The van der Waals surface area contributed by atoms with E-state index in [0.29, 0.717) is 4.57 Å². The molecule has 0 amide bonds. The average molecular weight is 461 g/mol. The number of benzene rings is 1. The molecule has 0 aliphatic heterocycles. The number of carbonyl (C=O) groups excluding carboxylic acids is 2. The van der Waals surface area contributed by atoms with Gasteiger partial charge in [0.05, 0.1) is 10.7 Å². The zero-order chi connectivity index (χ0) is 22.9. The van der Waals surface area contributed by atoms with E-state index in [4.69, 9.17) is 34.3 Å². The first-order chi connectivity index (χ1) is 13.9. The Morgan fingerprint density at radius 3 is 2.17 bits per heavy atom. The van der Waals surface area contributed by atoms with Crippen LogP contribution in [0.25, 0.3) is 5.69 Å². The molecule has 1 heterocycles. The number of halogens is 2. The lowest BCUT2D eigenvalue weighted by Gasteiger charge is -2.17. The van der Waals surface area contributed by atoms with E-state index in [-0.39, 0.29) is 15.5 Å². The quantitative estimate of drug-likeness (QED) is 0.390. The van der Waals surface area contributed by atoms with Gasteiger partial charge in [0.1, 0.15) is 17.6 Å². The molecule has 2 rings (SSSR count). The summed E-state index contributed by atoms with van der Waals surface area (Å²) in [4.78, 5) is 48.4. The van der Waals surface area contributed by atoms with Crippen molar-refractivity contribution < 1.29 is 23.5 Å². The van der Waals surface area contributed by atoms with Gasteiger partial charge in [-0.1, -0.05) is 11.6 Å². The minimum absolute atomic E-state index is 0.0673.